The van der Waals surface area contributed by atoms with Gasteiger partial charge in [0, 0.05) is 0 Å². The molecule has 0 spiro atoms. The molecule has 0 bridgehead atoms. The Morgan fingerprint density at radius 1 is 0.395 bits per heavy atom. The molecular formula is C38H30. The number of hydrogen-bond acceptors (Lipinski definition) is 0. The molecule has 0 heterocycles. The summed E-state index contributed by atoms with van der Waals surface area (Å²) in [6.07, 6.45) is 0. The third kappa shape index (κ3) is 3.37. The second kappa shape index (κ2) is 8.57. The SMILES string of the molecule is Cc1ccc(C2(c3ccc(C)cc3)c3ccccc3-c3ccc(-c4ccc5ccc(C)cc5c4)cc32)cc1. The van der Waals surface area contributed by atoms with Gasteiger partial charge in [0.25, 0.3) is 0 Å². The van der Waals surface area contributed by atoms with Crippen molar-refractivity contribution in [3.05, 3.63) is 166 Å². The van der Waals surface area contributed by atoms with Gasteiger partial charge in [0.1, 0.15) is 0 Å². The molecular weight excluding hydrogens is 456 g/mol. The lowest BCUT2D eigenvalue weighted by Crippen LogP contribution is -2.28. The van der Waals surface area contributed by atoms with E-state index >= 15 is 0 Å². The minimum atomic E-state index is -0.378. The van der Waals surface area contributed by atoms with Gasteiger partial charge in [-0.15, -0.1) is 0 Å². The number of benzene rings is 6. The maximum Gasteiger partial charge on any atom is 0.0713 e. The van der Waals surface area contributed by atoms with Crippen LogP contribution in [0.3, 0.4) is 0 Å². The Kier molecular flexibility index (Phi) is 5.13. The van der Waals surface area contributed by atoms with Crippen molar-refractivity contribution in [2.24, 2.45) is 0 Å². The highest BCUT2D eigenvalue weighted by Gasteiger charge is 2.46. The fourth-order valence-electron chi connectivity index (χ4n) is 6.40. The highest BCUT2D eigenvalue weighted by molar-refractivity contribution is 5.91. The molecule has 0 N–H and O–H groups in total. The van der Waals surface area contributed by atoms with Crippen LogP contribution < -0.4 is 0 Å². The summed E-state index contributed by atoms with van der Waals surface area (Å²) in [5, 5.41) is 2.57. The topological polar surface area (TPSA) is 0 Å². The first kappa shape index (κ1) is 22.8. The molecule has 1 aliphatic carbocycles. The monoisotopic (exact) mass is 486 g/mol. The van der Waals surface area contributed by atoms with E-state index in [1.54, 1.807) is 0 Å². The molecule has 0 amide bonds. The van der Waals surface area contributed by atoms with Crippen LogP contribution in [-0.4, -0.2) is 0 Å². The Hall–Kier alpha value is -4.42. The van der Waals surface area contributed by atoms with Gasteiger partial charge in [-0.2, -0.15) is 0 Å². The molecule has 0 radical (unpaired) electrons. The quantitative estimate of drug-likeness (QED) is 0.233. The van der Waals surface area contributed by atoms with E-state index < -0.39 is 0 Å². The Bertz CT molecular complexity index is 1770. The molecule has 1 aliphatic rings. The van der Waals surface area contributed by atoms with E-state index in [-0.39, 0.29) is 5.41 Å². The normalized spacial score (nSPS) is 13.3. The van der Waals surface area contributed by atoms with Crippen LogP contribution in [0, 0.1) is 20.8 Å². The molecule has 0 aromatic heterocycles. The van der Waals surface area contributed by atoms with Crippen molar-refractivity contribution in [1.29, 1.82) is 0 Å². The first-order valence-corrected chi connectivity index (χ1v) is 13.4. The average molecular weight is 487 g/mol. The number of hydrogen-bond donors (Lipinski definition) is 0. The van der Waals surface area contributed by atoms with E-state index in [0.29, 0.717) is 0 Å². The molecule has 6 aromatic carbocycles. The lowest BCUT2D eigenvalue weighted by molar-refractivity contribution is 0.768. The van der Waals surface area contributed by atoms with Gasteiger partial charge in [-0.25, -0.2) is 0 Å². The summed E-state index contributed by atoms with van der Waals surface area (Å²) in [5.41, 5.74) is 13.9. The van der Waals surface area contributed by atoms with E-state index in [4.69, 9.17) is 0 Å². The largest absolute Gasteiger partial charge is 0.0713 e. The summed E-state index contributed by atoms with van der Waals surface area (Å²) in [5.74, 6) is 0. The zero-order valence-corrected chi connectivity index (χ0v) is 22.1. The summed E-state index contributed by atoms with van der Waals surface area (Å²) in [4.78, 5) is 0. The molecule has 0 heteroatoms. The van der Waals surface area contributed by atoms with Crippen LogP contribution in [0.1, 0.15) is 38.9 Å². The van der Waals surface area contributed by atoms with Crippen molar-refractivity contribution in [2.75, 3.05) is 0 Å². The minimum Gasteiger partial charge on any atom is -0.0619 e. The fraction of sp³-hybridized carbons (Fsp3) is 0.105. The predicted molar refractivity (Wildman–Crippen MR) is 161 cm³/mol. The van der Waals surface area contributed by atoms with Gasteiger partial charge in [0.15, 0.2) is 0 Å². The zero-order chi connectivity index (χ0) is 25.9. The Balaban J connectivity index is 1.54. The number of rotatable bonds is 3. The van der Waals surface area contributed by atoms with E-state index in [9.17, 15) is 0 Å². The molecule has 6 aromatic rings. The lowest BCUT2D eigenvalue weighted by atomic mass is 9.67. The van der Waals surface area contributed by atoms with Crippen LogP contribution in [0.2, 0.25) is 0 Å². The summed E-state index contributed by atoms with van der Waals surface area (Å²) in [6.45, 7) is 6.49. The second-order valence-electron chi connectivity index (χ2n) is 10.9. The Labute approximate surface area is 225 Å². The van der Waals surface area contributed by atoms with Crippen LogP contribution in [0.5, 0.6) is 0 Å². The van der Waals surface area contributed by atoms with E-state index in [1.807, 2.05) is 0 Å². The summed E-state index contributed by atoms with van der Waals surface area (Å²) in [6, 6.07) is 47.9. The Morgan fingerprint density at radius 2 is 0.947 bits per heavy atom. The fourth-order valence-corrected chi connectivity index (χ4v) is 6.40. The van der Waals surface area contributed by atoms with Crippen LogP contribution in [0.4, 0.5) is 0 Å². The zero-order valence-electron chi connectivity index (χ0n) is 22.1. The van der Waals surface area contributed by atoms with Gasteiger partial charge in [0.05, 0.1) is 5.41 Å². The summed E-state index contributed by atoms with van der Waals surface area (Å²) in [7, 11) is 0. The molecule has 0 fully saturated rings. The molecule has 0 nitrogen and oxygen atoms in total. The first-order valence-electron chi connectivity index (χ1n) is 13.4. The van der Waals surface area contributed by atoms with Crippen molar-refractivity contribution in [3.8, 4) is 22.3 Å². The maximum atomic E-state index is 2.45. The predicted octanol–water partition coefficient (Wildman–Crippen LogP) is 9.80. The van der Waals surface area contributed by atoms with Gasteiger partial charge in [-0.1, -0.05) is 132 Å². The number of aryl methyl sites for hydroxylation is 3. The van der Waals surface area contributed by atoms with E-state index in [0.717, 1.165) is 0 Å². The van der Waals surface area contributed by atoms with Crippen molar-refractivity contribution in [3.63, 3.8) is 0 Å². The number of fused-ring (bicyclic) bond motifs is 4. The van der Waals surface area contributed by atoms with Crippen molar-refractivity contribution >= 4 is 10.8 Å². The third-order valence-corrected chi connectivity index (χ3v) is 8.34. The van der Waals surface area contributed by atoms with E-state index in [1.165, 1.54) is 72.0 Å². The van der Waals surface area contributed by atoms with Crippen molar-refractivity contribution in [2.45, 2.75) is 26.2 Å². The van der Waals surface area contributed by atoms with Crippen LogP contribution in [0.15, 0.2) is 127 Å². The molecule has 0 aliphatic heterocycles. The average Bonchev–Trinajstić information content (AvgIpc) is 3.24. The molecule has 7 rings (SSSR count). The summed E-state index contributed by atoms with van der Waals surface area (Å²) >= 11 is 0. The van der Waals surface area contributed by atoms with Gasteiger partial charge >= 0.3 is 0 Å². The van der Waals surface area contributed by atoms with Crippen molar-refractivity contribution in [1.82, 2.24) is 0 Å². The highest BCUT2D eigenvalue weighted by atomic mass is 14.5. The minimum absolute atomic E-state index is 0.378. The second-order valence-corrected chi connectivity index (χ2v) is 10.9. The van der Waals surface area contributed by atoms with Crippen LogP contribution in [0.25, 0.3) is 33.0 Å². The first-order chi connectivity index (χ1) is 18.5. The van der Waals surface area contributed by atoms with Crippen molar-refractivity contribution < 1.29 is 0 Å². The molecule has 0 atom stereocenters. The summed E-state index contributed by atoms with van der Waals surface area (Å²) < 4.78 is 0. The molecule has 0 saturated heterocycles. The van der Waals surface area contributed by atoms with Crippen LogP contribution >= 0.6 is 0 Å². The van der Waals surface area contributed by atoms with Gasteiger partial charge in [-0.3, -0.25) is 0 Å². The van der Waals surface area contributed by atoms with Crippen LogP contribution in [-0.2, 0) is 5.41 Å². The van der Waals surface area contributed by atoms with Gasteiger partial charge < -0.3 is 0 Å². The highest BCUT2D eigenvalue weighted by Crippen LogP contribution is 2.56. The molecule has 38 heavy (non-hydrogen) atoms. The lowest BCUT2D eigenvalue weighted by Gasteiger charge is -2.34. The standard InChI is InChI=1S/C38H30/c1-25-9-17-32(18-10-25)38(33-19-11-26(2)12-20-33)36-7-5-4-6-34(36)35-21-16-30(24-37(35)38)29-15-14-28-13-8-27(3)22-31(28)23-29/h4-24H,1-3H3. The molecule has 0 unspecified atom stereocenters. The molecule has 0 saturated carbocycles. The van der Waals surface area contributed by atoms with Gasteiger partial charge in [-0.05, 0) is 88.2 Å². The Morgan fingerprint density at radius 3 is 1.66 bits per heavy atom. The molecule has 182 valence electrons. The van der Waals surface area contributed by atoms with Gasteiger partial charge in [0.2, 0.25) is 0 Å². The van der Waals surface area contributed by atoms with E-state index in [2.05, 4.69) is 148 Å². The third-order valence-electron chi connectivity index (χ3n) is 8.34. The maximum absolute atomic E-state index is 2.45. The smallest absolute Gasteiger partial charge is 0.0619 e.